The van der Waals surface area contributed by atoms with E-state index in [0.717, 1.165) is 0 Å². The molecule has 250 valence electrons. The second-order valence-corrected chi connectivity index (χ2v) is 14.3. The maximum Gasteiger partial charge on any atom is 0.103 e. The first-order chi connectivity index (χ1) is 20.7. The molecule has 2 nitrogen and oxygen atoms in total. The average Bonchev–Trinajstić information content (AvgIpc) is 3.40. The molecule has 1 aliphatic heterocycles. The van der Waals surface area contributed by atoms with Crippen molar-refractivity contribution in [3.05, 3.63) is 12.4 Å². The quantitative estimate of drug-likeness (QED) is 0.0703. The predicted octanol–water partition coefficient (Wildman–Crippen LogP) is 13.8. The highest BCUT2D eigenvalue weighted by Crippen LogP contribution is 2.24. The lowest BCUT2D eigenvalue weighted by atomic mass is 10.0. The predicted molar refractivity (Wildman–Crippen MR) is 191 cm³/mol. The fraction of sp³-hybridized carbons (Fsp3) is 0.950. The molecule has 1 aliphatic rings. The van der Waals surface area contributed by atoms with Crippen LogP contribution in [0.1, 0.15) is 220 Å². The summed E-state index contributed by atoms with van der Waals surface area (Å²) in [5.41, 5.74) is 0. The summed E-state index contributed by atoms with van der Waals surface area (Å²) in [6, 6.07) is 0. The van der Waals surface area contributed by atoms with Crippen molar-refractivity contribution in [2.24, 2.45) is 5.92 Å². The van der Waals surface area contributed by atoms with Crippen LogP contribution >= 0.6 is 0 Å². The van der Waals surface area contributed by atoms with E-state index in [9.17, 15) is 0 Å². The fourth-order valence-electron chi connectivity index (χ4n) is 7.05. The summed E-state index contributed by atoms with van der Waals surface area (Å²) in [4.78, 5) is 5.30. The van der Waals surface area contributed by atoms with E-state index < -0.39 is 0 Å². The van der Waals surface area contributed by atoms with Crippen LogP contribution in [0.2, 0.25) is 0 Å². The van der Waals surface area contributed by atoms with Gasteiger partial charge < -0.3 is 9.80 Å². The lowest BCUT2D eigenvalue weighted by Crippen LogP contribution is -2.43. The van der Waals surface area contributed by atoms with Crippen LogP contribution in [0.5, 0.6) is 0 Å². The minimum atomic E-state index is 0.586. The van der Waals surface area contributed by atoms with E-state index in [0.29, 0.717) is 12.1 Å². The largest absolute Gasteiger partial charge is 0.356 e. The lowest BCUT2D eigenvalue weighted by Gasteiger charge is -2.36. The minimum Gasteiger partial charge on any atom is -0.356 e. The number of unbranched alkanes of at least 4 members (excludes halogenated alkanes) is 28. The summed E-state index contributed by atoms with van der Waals surface area (Å²) in [7, 11) is 0. The van der Waals surface area contributed by atoms with Crippen LogP contribution in [0.3, 0.4) is 0 Å². The first-order valence-corrected chi connectivity index (χ1v) is 19.9. The Balaban J connectivity index is 1.93. The van der Waals surface area contributed by atoms with E-state index in [2.05, 4.69) is 49.9 Å². The van der Waals surface area contributed by atoms with Crippen LogP contribution < -0.4 is 0 Å². The minimum absolute atomic E-state index is 0.586. The summed E-state index contributed by atoms with van der Waals surface area (Å²) in [5, 5.41) is 0. The molecule has 0 amide bonds. The van der Waals surface area contributed by atoms with Gasteiger partial charge in [0.15, 0.2) is 0 Å². The van der Waals surface area contributed by atoms with Gasteiger partial charge in [-0.3, -0.25) is 0 Å². The Labute approximate surface area is 267 Å². The van der Waals surface area contributed by atoms with Crippen LogP contribution in [0.15, 0.2) is 12.4 Å². The van der Waals surface area contributed by atoms with Gasteiger partial charge in [-0.15, -0.1) is 0 Å². The van der Waals surface area contributed by atoms with E-state index in [1.54, 1.807) is 0 Å². The Morgan fingerprint density at radius 1 is 0.357 bits per heavy atom. The van der Waals surface area contributed by atoms with Gasteiger partial charge in [-0.1, -0.05) is 207 Å². The molecule has 0 saturated heterocycles. The molecule has 0 spiro atoms. The van der Waals surface area contributed by atoms with Crippen molar-refractivity contribution in [1.29, 1.82) is 0 Å². The molecule has 0 bridgehead atoms. The van der Waals surface area contributed by atoms with Crippen molar-refractivity contribution in [1.82, 2.24) is 9.80 Å². The first kappa shape index (κ1) is 39.4. The van der Waals surface area contributed by atoms with Gasteiger partial charge in [0.05, 0.1) is 0 Å². The third kappa shape index (κ3) is 22.8. The molecule has 1 rings (SSSR count). The van der Waals surface area contributed by atoms with Crippen LogP contribution in [-0.2, 0) is 0 Å². The highest BCUT2D eigenvalue weighted by atomic mass is 15.4. The Bertz CT molecular complexity index is 556. The fourth-order valence-corrected chi connectivity index (χ4v) is 7.05. The van der Waals surface area contributed by atoms with Gasteiger partial charge in [-0.2, -0.15) is 0 Å². The Kier molecular flexibility index (Phi) is 28.5. The Hall–Kier alpha value is -0.660. The lowest BCUT2D eigenvalue weighted by molar-refractivity contribution is 0.104. The van der Waals surface area contributed by atoms with Crippen molar-refractivity contribution < 1.29 is 0 Å². The van der Waals surface area contributed by atoms with Gasteiger partial charge in [0, 0.05) is 25.5 Å². The zero-order valence-corrected chi connectivity index (χ0v) is 29.8. The van der Waals surface area contributed by atoms with Crippen molar-refractivity contribution in [2.75, 3.05) is 13.1 Å². The zero-order valence-electron chi connectivity index (χ0n) is 29.8. The number of hydrogen-bond donors (Lipinski definition) is 0. The SMILES string of the molecule is CCCCCCCCCCCCCCCCCCN1C=CN(CCCCCCCCCCCCCCCC)C1C(C)C. The second kappa shape index (κ2) is 30.4. The van der Waals surface area contributed by atoms with Gasteiger partial charge in [-0.25, -0.2) is 0 Å². The average molecular weight is 589 g/mol. The van der Waals surface area contributed by atoms with Crippen LogP contribution in [0, 0.1) is 5.92 Å². The molecular formula is C40H80N2. The summed E-state index contributed by atoms with van der Waals surface area (Å²) < 4.78 is 0. The Morgan fingerprint density at radius 3 is 0.786 bits per heavy atom. The Morgan fingerprint density at radius 2 is 0.571 bits per heavy atom. The van der Waals surface area contributed by atoms with Crippen molar-refractivity contribution in [3.8, 4) is 0 Å². The first-order valence-electron chi connectivity index (χ1n) is 19.9. The van der Waals surface area contributed by atoms with Gasteiger partial charge >= 0.3 is 0 Å². The van der Waals surface area contributed by atoms with E-state index >= 15 is 0 Å². The van der Waals surface area contributed by atoms with E-state index in [1.165, 1.54) is 206 Å². The van der Waals surface area contributed by atoms with Crippen LogP contribution in [0.4, 0.5) is 0 Å². The smallest absolute Gasteiger partial charge is 0.103 e. The topological polar surface area (TPSA) is 6.48 Å². The highest BCUT2D eigenvalue weighted by Gasteiger charge is 2.28. The van der Waals surface area contributed by atoms with Gasteiger partial charge in [0.25, 0.3) is 0 Å². The zero-order chi connectivity index (χ0) is 30.4. The normalized spacial score (nSPS) is 15.1. The third-order valence-corrected chi connectivity index (χ3v) is 9.77. The molecule has 1 atom stereocenters. The summed E-state index contributed by atoms with van der Waals surface area (Å²) >= 11 is 0. The van der Waals surface area contributed by atoms with Gasteiger partial charge in [-0.05, 0) is 18.8 Å². The van der Waals surface area contributed by atoms with Crippen molar-refractivity contribution in [2.45, 2.75) is 226 Å². The molecule has 2 heteroatoms. The molecule has 0 radical (unpaired) electrons. The highest BCUT2D eigenvalue weighted by molar-refractivity contribution is 4.98. The van der Waals surface area contributed by atoms with Crippen molar-refractivity contribution in [3.63, 3.8) is 0 Å². The number of rotatable bonds is 33. The van der Waals surface area contributed by atoms with Crippen LogP contribution in [0.25, 0.3) is 0 Å². The molecule has 1 unspecified atom stereocenters. The van der Waals surface area contributed by atoms with Crippen molar-refractivity contribution >= 4 is 0 Å². The van der Waals surface area contributed by atoms with E-state index in [-0.39, 0.29) is 0 Å². The molecule has 0 aromatic carbocycles. The summed E-state index contributed by atoms with van der Waals surface area (Å²) in [6.07, 6.45) is 48.7. The molecule has 0 N–H and O–H groups in total. The molecule has 0 saturated carbocycles. The maximum absolute atomic E-state index is 2.65. The summed E-state index contributed by atoms with van der Waals surface area (Å²) in [6.45, 7) is 11.9. The summed E-state index contributed by atoms with van der Waals surface area (Å²) in [5.74, 6) is 0.688. The van der Waals surface area contributed by atoms with E-state index in [1.807, 2.05) is 0 Å². The molecular weight excluding hydrogens is 508 g/mol. The standard InChI is InChI=1S/C40H80N2/c1-5-7-9-11-13-15-17-19-21-22-24-26-28-30-32-34-36-42-38-37-41(40(42)39(3)4)35-33-31-29-27-25-23-20-18-16-14-12-10-8-6-2/h37-40H,5-36H2,1-4H3. The molecule has 0 aromatic heterocycles. The maximum atomic E-state index is 2.65. The van der Waals surface area contributed by atoms with Crippen LogP contribution in [-0.4, -0.2) is 29.1 Å². The molecule has 0 aliphatic carbocycles. The number of hydrogen-bond acceptors (Lipinski definition) is 2. The van der Waals surface area contributed by atoms with E-state index in [4.69, 9.17) is 0 Å². The molecule has 0 fully saturated rings. The molecule has 1 heterocycles. The second-order valence-electron chi connectivity index (χ2n) is 14.3. The van der Waals surface area contributed by atoms with Gasteiger partial charge in [0.2, 0.25) is 0 Å². The molecule has 42 heavy (non-hydrogen) atoms. The third-order valence-electron chi connectivity index (χ3n) is 9.77. The molecule has 0 aromatic rings. The van der Waals surface area contributed by atoms with Gasteiger partial charge in [0.1, 0.15) is 6.17 Å². The monoisotopic (exact) mass is 589 g/mol. The number of nitrogens with zero attached hydrogens (tertiary/aromatic N) is 2.